The maximum atomic E-state index is 5.62. The lowest BCUT2D eigenvalue weighted by Crippen LogP contribution is -2.40. The average molecular weight is 184 g/mol. The number of nitrogens with zero attached hydrogens (tertiary/aromatic N) is 1. The molecule has 1 unspecified atom stereocenters. The van der Waals surface area contributed by atoms with Gasteiger partial charge in [0.15, 0.2) is 0 Å². The molecule has 1 fully saturated rings. The number of rotatable bonds is 3. The highest BCUT2D eigenvalue weighted by Crippen LogP contribution is 2.29. The number of piperidine rings is 1. The van der Waals surface area contributed by atoms with Crippen LogP contribution in [0.1, 0.15) is 33.6 Å². The molecule has 0 aromatic rings. The van der Waals surface area contributed by atoms with E-state index in [1.165, 1.54) is 32.5 Å². The molecule has 1 heterocycles. The highest BCUT2D eigenvalue weighted by molar-refractivity contribution is 4.79. The zero-order chi connectivity index (χ0) is 9.90. The van der Waals surface area contributed by atoms with Gasteiger partial charge in [-0.05, 0) is 43.8 Å². The topological polar surface area (TPSA) is 29.3 Å². The minimum Gasteiger partial charge on any atom is -0.330 e. The SMILES string of the molecule is CC(CN)CN1CCC(C)(C)CC1. The predicted molar refractivity (Wildman–Crippen MR) is 57.7 cm³/mol. The zero-order valence-electron chi connectivity index (χ0n) is 9.34. The zero-order valence-corrected chi connectivity index (χ0v) is 9.34. The van der Waals surface area contributed by atoms with Crippen molar-refractivity contribution in [3.63, 3.8) is 0 Å². The monoisotopic (exact) mass is 184 g/mol. The molecule has 78 valence electrons. The van der Waals surface area contributed by atoms with Gasteiger partial charge in [0.25, 0.3) is 0 Å². The van der Waals surface area contributed by atoms with E-state index in [-0.39, 0.29) is 0 Å². The van der Waals surface area contributed by atoms with Crippen molar-refractivity contribution in [2.24, 2.45) is 17.1 Å². The number of hydrogen-bond acceptors (Lipinski definition) is 2. The van der Waals surface area contributed by atoms with Gasteiger partial charge in [-0.1, -0.05) is 20.8 Å². The molecule has 0 saturated carbocycles. The third-order valence-electron chi connectivity index (χ3n) is 3.18. The molecule has 0 spiro atoms. The van der Waals surface area contributed by atoms with Crippen molar-refractivity contribution in [2.75, 3.05) is 26.2 Å². The van der Waals surface area contributed by atoms with Gasteiger partial charge in [-0.15, -0.1) is 0 Å². The molecule has 0 radical (unpaired) electrons. The second-order valence-corrected chi connectivity index (χ2v) is 5.31. The molecule has 1 saturated heterocycles. The third-order valence-corrected chi connectivity index (χ3v) is 3.18. The van der Waals surface area contributed by atoms with Crippen LogP contribution in [0, 0.1) is 11.3 Å². The Morgan fingerprint density at radius 3 is 2.31 bits per heavy atom. The van der Waals surface area contributed by atoms with E-state index in [0.717, 1.165) is 6.54 Å². The van der Waals surface area contributed by atoms with Crippen LogP contribution in [-0.2, 0) is 0 Å². The Morgan fingerprint density at radius 2 is 1.85 bits per heavy atom. The quantitative estimate of drug-likeness (QED) is 0.723. The van der Waals surface area contributed by atoms with Crippen molar-refractivity contribution < 1.29 is 0 Å². The maximum Gasteiger partial charge on any atom is 0.00191 e. The molecule has 2 heteroatoms. The Bertz CT molecular complexity index is 144. The molecule has 2 nitrogen and oxygen atoms in total. The van der Waals surface area contributed by atoms with Crippen molar-refractivity contribution in [3.8, 4) is 0 Å². The van der Waals surface area contributed by atoms with Crippen LogP contribution in [-0.4, -0.2) is 31.1 Å². The minimum atomic E-state index is 0.572. The first-order chi connectivity index (χ1) is 6.03. The fourth-order valence-electron chi connectivity index (χ4n) is 1.86. The molecule has 2 N–H and O–H groups in total. The predicted octanol–water partition coefficient (Wildman–Crippen LogP) is 1.70. The molecule has 0 aliphatic carbocycles. The summed E-state index contributed by atoms with van der Waals surface area (Å²) in [5.74, 6) is 0.654. The van der Waals surface area contributed by atoms with Gasteiger partial charge < -0.3 is 10.6 Å². The molecule has 0 aromatic heterocycles. The highest BCUT2D eigenvalue weighted by atomic mass is 15.1. The third kappa shape index (κ3) is 3.65. The molecule has 1 rings (SSSR count). The summed E-state index contributed by atoms with van der Waals surface area (Å²) in [7, 11) is 0. The van der Waals surface area contributed by atoms with E-state index in [0.29, 0.717) is 11.3 Å². The smallest absolute Gasteiger partial charge is 0.00191 e. The van der Waals surface area contributed by atoms with Crippen LogP contribution in [0.25, 0.3) is 0 Å². The van der Waals surface area contributed by atoms with E-state index in [1.54, 1.807) is 0 Å². The first kappa shape index (κ1) is 11.0. The molecule has 1 aliphatic heterocycles. The summed E-state index contributed by atoms with van der Waals surface area (Å²) >= 11 is 0. The van der Waals surface area contributed by atoms with Gasteiger partial charge in [-0.2, -0.15) is 0 Å². The Kier molecular flexibility index (Phi) is 3.74. The first-order valence-corrected chi connectivity index (χ1v) is 5.46. The van der Waals surface area contributed by atoms with E-state index in [4.69, 9.17) is 5.73 Å². The van der Waals surface area contributed by atoms with Gasteiger partial charge in [0.2, 0.25) is 0 Å². The second-order valence-electron chi connectivity index (χ2n) is 5.31. The van der Waals surface area contributed by atoms with Crippen LogP contribution in [0.15, 0.2) is 0 Å². The molecule has 0 aromatic carbocycles. The molecule has 0 bridgehead atoms. The number of hydrogen-bond donors (Lipinski definition) is 1. The summed E-state index contributed by atoms with van der Waals surface area (Å²) < 4.78 is 0. The molecule has 13 heavy (non-hydrogen) atoms. The van der Waals surface area contributed by atoms with E-state index >= 15 is 0 Å². The van der Waals surface area contributed by atoms with Gasteiger partial charge in [-0.3, -0.25) is 0 Å². The lowest BCUT2D eigenvalue weighted by molar-refractivity contribution is 0.120. The van der Waals surface area contributed by atoms with Gasteiger partial charge in [0.05, 0.1) is 0 Å². The first-order valence-electron chi connectivity index (χ1n) is 5.46. The summed E-state index contributed by atoms with van der Waals surface area (Å²) in [6, 6.07) is 0. The Balaban J connectivity index is 2.25. The van der Waals surface area contributed by atoms with Gasteiger partial charge in [0, 0.05) is 6.54 Å². The normalized spacial score (nSPS) is 25.8. The van der Waals surface area contributed by atoms with E-state index in [2.05, 4.69) is 25.7 Å². The van der Waals surface area contributed by atoms with E-state index in [9.17, 15) is 0 Å². The fourth-order valence-corrected chi connectivity index (χ4v) is 1.86. The Morgan fingerprint density at radius 1 is 1.31 bits per heavy atom. The van der Waals surface area contributed by atoms with Gasteiger partial charge in [0.1, 0.15) is 0 Å². The summed E-state index contributed by atoms with van der Waals surface area (Å²) in [5.41, 5.74) is 6.19. The van der Waals surface area contributed by atoms with Crippen molar-refractivity contribution in [2.45, 2.75) is 33.6 Å². The van der Waals surface area contributed by atoms with Crippen LogP contribution >= 0.6 is 0 Å². The fraction of sp³-hybridized carbons (Fsp3) is 1.00. The summed E-state index contributed by atoms with van der Waals surface area (Å²) in [5, 5.41) is 0. The van der Waals surface area contributed by atoms with Crippen LogP contribution in [0.3, 0.4) is 0 Å². The summed E-state index contributed by atoms with van der Waals surface area (Å²) in [6.45, 7) is 11.5. The van der Waals surface area contributed by atoms with Gasteiger partial charge in [-0.25, -0.2) is 0 Å². The Hall–Kier alpha value is -0.0800. The van der Waals surface area contributed by atoms with Crippen molar-refractivity contribution in [1.29, 1.82) is 0 Å². The molecule has 1 aliphatic rings. The van der Waals surface area contributed by atoms with Crippen LogP contribution in [0.4, 0.5) is 0 Å². The molecular weight excluding hydrogens is 160 g/mol. The van der Waals surface area contributed by atoms with E-state index in [1.807, 2.05) is 0 Å². The lowest BCUT2D eigenvalue weighted by Gasteiger charge is -2.37. The van der Waals surface area contributed by atoms with Crippen molar-refractivity contribution >= 4 is 0 Å². The average Bonchev–Trinajstić information content (AvgIpc) is 2.08. The minimum absolute atomic E-state index is 0.572. The Labute approximate surface area is 82.5 Å². The number of nitrogens with two attached hydrogens (primary N) is 1. The second kappa shape index (κ2) is 4.43. The molecule has 0 amide bonds. The van der Waals surface area contributed by atoms with Crippen LogP contribution in [0.2, 0.25) is 0 Å². The molecule has 1 atom stereocenters. The van der Waals surface area contributed by atoms with E-state index < -0.39 is 0 Å². The lowest BCUT2D eigenvalue weighted by atomic mass is 9.82. The van der Waals surface area contributed by atoms with Crippen LogP contribution in [0.5, 0.6) is 0 Å². The van der Waals surface area contributed by atoms with Crippen molar-refractivity contribution in [1.82, 2.24) is 4.90 Å². The molecular formula is C11H24N2. The van der Waals surface area contributed by atoms with Crippen LogP contribution < -0.4 is 5.73 Å². The summed E-state index contributed by atoms with van der Waals surface area (Å²) in [4.78, 5) is 2.56. The van der Waals surface area contributed by atoms with Gasteiger partial charge >= 0.3 is 0 Å². The maximum absolute atomic E-state index is 5.62. The summed E-state index contributed by atoms with van der Waals surface area (Å²) in [6.07, 6.45) is 2.68. The largest absolute Gasteiger partial charge is 0.330 e. The highest BCUT2D eigenvalue weighted by Gasteiger charge is 2.25. The standard InChI is InChI=1S/C11H24N2/c1-10(8-12)9-13-6-4-11(2,3)5-7-13/h10H,4-9,12H2,1-3H3. The van der Waals surface area contributed by atoms with Crippen molar-refractivity contribution in [3.05, 3.63) is 0 Å². The number of likely N-dealkylation sites (tertiary alicyclic amines) is 1.